The second kappa shape index (κ2) is 9.45. The first-order valence-corrected chi connectivity index (χ1v) is 10.3. The van der Waals surface area contributed by atoms with Gasteiger partial charge in [-0.25, -0.2) is 0 Å². The van der Waals surface area contributed by atoms with Gasteiger partial charge in [0.25, 0.3) is 11.5 Å². The fourth-order valence-corrected chi connectivity index (χ4v) is 3.46. The maximum Gasteiger partial charge on any atom is 0.269 e. The fraction of sp³-hybridized carbons (Fsp3) is 0.250. The van der Waals surface area contributed by atoms with Gasteiger partial charge in [0.2, 0.25) is 5.88 Å². The number of carbonyl (C=O) groups is 1. The summed E-state index contributed by atoms with van der Waals surface area (Å²) in [6.45, 7) is 2.85. The lowest BCUT2D eigenvalue weighted by atomic mass is 10.1. The lowest BCUT2D eigenvalue weighted by molar-refractivity contribution is -0.117. The lowest BCUT2D eigenvalue weighted by Gasteiger charge is -2.12. The Bertz CT molecular complexity index is 1280. The van der Waals surface area contributed by atoms with Crippen LogP contribution in [0, 0.1) is 18.3 Å². The van der Waals surface area contributed by atoms with E-state index >= 15 is 0 Å². The highest BCUT2D eigenvalue weighted by Gasteiger charge is 2.20. The summed E-state index contributed by atoms with van der Waals surface area (Å²) in [4.78, 5) is 30.3. The summed E-state index contributed by atoms with van der Waals surface area (Å²) in [7, 11) is 0. The molecule has 8 nitrogen and oxygen atoms in total. The third kappa shape index (κ3) is 4.53. The number of aromatic nitrogens is 2. The van der Waals surface area contributed by atoms with E-state index in [0.29, 0.717) is 24.5 Å². The number of aryl methyl sites for hydroxylation is 1. The van der Waals surface area contributed by atoms with Gasteiger partial charge in [0.1, 0.15) is 28.6 Å². The normalized spacial score (nSPS) is 16.0. The van der Waals surface area contributed by atoms with Crippen molar-refractivity contribution in [2.45, 2.75) is 25.9 Å². The number of benzene rings is 1. The number of rotatable bonds is 6. The number of hydrogen-bond donors (Lipinski definition) is 1. The maximum atomic E-state index is 13.2. The summed E-state index contributed by atoms with van der Waals surface area (Å²) in [5, 5.41) is 12.3. The molecule has 1 aliphatic rings. The fourth-order valence-electron chi connectivity index (χ4n) is 3.46. The van der Waals surface area contributed by atoms with E-state index in [4.69, 9.17) is 9.47 Å². The molecule has 1 aromatic carbocycles. The molecule has 1 atom stereocenters. The van der Waals surface area contributed by atoms with E-state index in [2.05, 4.69) is 10.3 Å². The predicted octanol–water partition coefficient (Wildman–Crippen LogP) is 3.00. The average Bonchev–Trinajstić information content (AvgIpc) is 3.33. The highest BCUT2D eigenvalue weighted by Crippen LogP contribution is 2.26. The van der Waals surface area contributed by atoms with Crippen LogP contribution in [0.1, 0.15) is 24.0 Å². The number of para-hydroxylation sites is 1. The van der Waals surface area contributed by atoms with Crippen LogP contribution in [-0.2, 0) is 9.53 Å². The van der Waals surface area contributed by atoms with E-state index in [-0.39, 0.29) is 23.1 Å². The third-order valence-corrected chi connectivity index (χ3v) is 5.20. The van der Waals surface area contributed by atoms with Gasteiger partial charge in [-0.15, -0.1) is 0 Å². The molecule has 162 valence electrons. The van der Waals surface area contributed by atoms with Gasteiger partial charge in [0, 0.05) is 19.3 Å². The summed E-state index contributed by atoms with van der Waals surface area (Å²) in [5.41, 5.74) is 0.596. The van der Waals surface area contributed by atoms with Gasteiger partial charge in [0.15, 0.2) is 0 Å². The number of hydrogen-bond acceptors (Lipinski definition) is 6. The number of nitrogens with zero attached hydrogens (tertiary/aromatic N) is 3. The summed E-state index contributed by atoms with van der Waals surface area (Å²) in [5.74, 6) is -0.0340. The number of carbonyl (C=O) groups excluding carboxylic acids is 1. The Morgan fingerprint density at radius 3 is 2.91 bits per heavy atom. The van der Waals surface area contributed by atoms with Gasteiger partial charge < -0.3 is 14.8 Å². The molecule has 1 unspecified atom stereocenters. The van der Waals surface area contributed by atoms with Crippen molar-refractivity contribution in [3.05, 3.63) is 75.7 Å². The second-order valence-electron chi connectivity index (χ2n) is 7.45. The van der Waals surface area contributed by atoms with Crippen LogP contribution in [0.5, 0.6) is 11.6 Å². The summed E-state index contributed by atoms with van der Waals surface area (Å²) >= 11 is 0. The molecule has 2 aromatic heterocycles. The smallest absolute Gasteiger partial charge is 0.269 e. The average molecular weight is 430 g/mol. The van der Waals surface area contributed by atoms with Gasteiger partial charge in [0.05, 0.1) is 6.10 Å². The molecular weight excluding hydrogens is 408 g/mol. The molecule has 3 heterocycles. The molecule has 0 aliphatic carbocycles. The van der Waals surface area contributed by atoms with Crippen LogP contribution in [0.4, 0.5) is 0 Å². The molecule has 1 N–H and O–H groups in total. The zero-order valence-electron chi connectivity index (χ0n) is 17.6. The van der Waals surface area contributed by atoms with Crippen LogP contribution in [-0.4, -0.2) is 34.5 Å². The van der Waals surface area contributed by atoms with Gasteiger partial charge in [-0.1, -0.05) is 24.3 Å². The molecule has 4 rings (SSSR count). The first kappa shape index (κ1) is 21.3. The van der Waals surface area contributed by atoms with Crippen LogP contribution in [0.2, 0.25) is 0 Å². The Balaban J connectivity index is 1.74. The van der Waals surface area contributed by atoms with Crippen LogP contribution in [0.15, 0.2) is 59.0 Å². The van der Waals surface area contributed by atoms with E-state index in [1.165, 1.54) is 10.5 Å². The van der Waals surface area contributed by atoms with Crippen molar-refractivity contribution in [2.24, 2.45) is 0 Å². The van der Waals surface area contributed by atoms with Crippen molar-refractivity contribution in [3.8, 4) is 17.7 Å². The third-order valence-electron chi connectivity index (χ3n) is 5.20. The van der Waals surface area contributed by atoms with E-state index in [1.807, 2.05) is 31.2 Å². The monoisotopic (exact) mass is 430 g/mol. The topological polar surface area (TPSA) is 106 Å². The molecule has 1 aliphatic heterocycles. The van der Waals surface area contributed by atoms with Gasteiger partial charge in [-0.3, -0.25) is 14.0 Å². The van der Waals surface area contributed by atoms with E-state index in [0.717, 1.165) is 18.4 Å². The van der Waals surface area contributed by atoms with Crippen molar-refractivity contribution >= 4 is 17.6 Å². The molecule has 1 fully saturated rings. The largest absolute Gasteiger partial charge is 0.438 e. The molecule has 0 bridgehead atoms. The minimum Gasteiger partial charge on any atom is -0.438 e. The summed E-state index contributed by atoms with van der Waals surface area (Å²) in [6.07, 6.45) is 4.54. The maximum absolute atomic E-state index is 13.2. The number of pyridine rings is 1. The molecule has 0 saturated carbocycles. The number of ether oxygens (including phenoxy) is 2. The minimum absolute atomic E-state index is 0.0146. The number of fused-ring (bicyclic) bond motifs is 1. The molecular formula is C24H22N4O4. The van der Waals surface area contributed by atoms with E-state index in [9.17, 15) is 14.9 Å². The predicted molar refractivity (Wildman–Crippen MR) is 118 cm³/mol. The van der Waals surface area contributed by atoms with Crippen LogP contribution in [0.3, 0.4) is 0 Å². The molecule has 0 spiro atoms. The highest BCUT2D eigenvalue weighted by molar-refractivity contribution is 6.01. The quantitative estimate of drug-likeness (QED) is 0.476. The van der Waals surface area contributed by atoms with Gasteiger partial charge in [-0.05, 0) is 49.6 Å². The number of amides is 1. The van der Waals surface area contributed by atoms with Crippen molar-refractivity contribution in [3.63, 3.8) is 0 Å². The summed E-state index contributed by atoms with van der Waals surface area (Å²) in [6, 6.07) is 14.3. The van der Waals surface area contributed by atoms with Crippen molar-refractivity contribution in [2.75, 3.05) is 13.2 Å². The standard InChI is InChI=1S/C24H22N4O4/c1-16-7-2-3-9-20(16)32-23-19(24(30)28-11-5-4-10-21(28)27-23)13-17(14-25)22(29)26-15-18-8-6-12-31-18/h2-5,7,9-11,13,18H,6,8,12,15H2,1H3,(H,26,29)/b17-13+. The first-order chi connectivity index (χ1) is 15.6. The van der Waals surface area contributed by atoms with Gasteiger partial charge >= 0.3 is 0 Å². The SMILES string of the molecule is Cc1ccccc1Oc1nc2ccccn2c(=O)c1/C=C(\C#N)C(=O)NCC1CCCO1. The Labute approximate surface area is 184 Å². The molecule has 3 aromatic rings. The highest BCUT2D eigenvalue weighted by atomic mass is 16.5. The Kier molecular flexibility index (Phi) is 6.29. The van der Waals surface area contributed by atoms with Crippen molar-refractivity contribution < 1.29 is 14.3 Å². The zero-order chi connectivity index (χ0) is 22.5. The Morgan fingerprint density at radius 1 is 1.34 bits per heavy atom. The van der Waals surface area contributed by atoms with Crippen LogP contribution in [0.25, 0.3) is 11.7 Å². The molecule has 8 heteroatoms. The Hall–Kier alpha value is -3.96. The Morgan fingerprint density at radius 2 is 2.16 bits per heavy atom. The first-order valence-electron chi connectivity index (χ1n) is 10.3. The van der Waals surface area contributed by atoms with E-state index in [1.54, 1.807) is 30.5 Å². The van der Waals surface area contributed by atoms with Crippen molar-refractivity contribution in [1.82, 2.24) is 14.7 Å². The minimum atomic E-state index is -0.581. The number of nitrogens with one attached hydrogen (secondary N) is 1. The number of nitriles is 1. The second-order valence-corrected chi connectivity index (χ2v) is 7.45. The zero-order valence-corrected chi connectivity index (χ0v) is 17.6. The van der Waals surface area contributed by atoms with Crippen LogP contribution >= 0.6 is 0 Å². The molecule has 1 amide bonds. The van der Waals surface area contributed by atoms with Crippen LogP contribution < -0.4 is 15.6 Å². The molecule has 1 saturated heterocycles. The lowest BCUT2D eigenvalue weighted by Crippen LogP contribution is -2.32. The summed E-state index contributed by atoms with van der Waals surface area (Å²) < 4.78 is 12.8. The molecule has 32 heavy (non-hydrogen) atoms. The van der Waals surface area contributed by atoms with Gasteiger partial charge in [-0.2, -0.15) is 10.2 Å². The van der Waals surface area contributed by atoms with E-state index < -0.39 is 11.5 Å². The van der Waals surface area contributed by atoms with Crippen molar-refractivity contribution in [1.29, 1.82) is 5.26 Å². The molecule has 0 radical (unpaired) electrons.